The number of hydrogen-bond acceptors (Lipinski definition) is 3. The molecule has 96 valence electrons. The van der Waals surface area contributed by atoms with Crippen molar-refractivity contribution in [1.29, 1.82) is 0 Å². The maximum atomic E-state index is 11.7. The van der Waals surface area contributed by atoms with Crippen LogP contribution in [-0.4, -0.2) is 17.1 Å². The van der Waals surface area contributed by atoms with Crippen molar-refractivity contribution in [2.45, 2.75) is 12.8 Å². The summed E-state index contributed by atoms with van der Waals surface area (Å²) in [6.07, 6.45) is 3.28. The van der Waals surface area contributed by atoms with Crippen LogP contribution in [0.3, 0.4) is 0 Å². The van der Waals surface area contributed by atoms with Crippen molar-refractivity contribution in [3.63, 3.8) is 0 Å². The Kier molecular flexibility index (Phi) is 4.39. The number of hydrazone groups is 1. The molecule has 1 aromatic carbocycles. The highest BCUT2D eigenvalue weighted by Gasteiger charge is 2.04. The van der Waals surface area contributed by atoms with Crippen LogP contribution in [0.5, 0.6) is 0 Å². The van der Waals surface area contributed by atoms with Crippen molar-refractivity contribution in [1.82, 2.24) is 10.4 Å². The fourth-order valence-corrected chi connectivity index (χ4v) is 1.60. The highest BCUT2D eigenvalue weighted by molar-refractivity contribution is 5.92. The highest BCUT2D eigenvalue weighted by atomic mass is 16.2. The van der Waals surface area contributed by atoms with Gasteiger partial charge in [0.15, 0.2) is 0 Å². The fraction of sp³-hybridized carbons (Fsp3) is 0.133. The van der Waals surface area contributed by atoms with Gasteiger partial charge in [-0.25, -0.2) is 5.43 Å². The molecule has 1 heterocycles. The number of nitrogens with one attached hydrogen (secondary N) is 1. The Morgan fingerprint density at radius 1 is 1.21 bits per heavy atom. The van der Waals surface area contributed by atoms with Gasteiger partial charge in [0, 0.05) is 18.3 Å². The van der Waals surface area contributed by atoms with Crippen molar-refractivity contribution in [3.05, 3.63) is 66.0 Å². The van der Waals surface area contributed by atoms with Crippen LogP contribution < -0.4 is 5.43 Å². The first-order valence-electron chi connectivity index (χ1n) is 6.07. The largest absolute Gasteiger partial charge is 0.289 e. The van der Waals surface area contributed by atoms with Gasteiger partial charge in [0.05, 0.1) is 0 Å². The third kappa shape index (κ3) is 3.74. The minimum Gasteiger partial charge on any atom is -0.266 e. The van der Waals surface area contributed by atoms with E-state index in [2.05, 4.69) is 15.5 Å². The number of hydrogen-bond donors (Lipinski definition) is 1. The smallest absolute Gasteiger partial charge is 0.266 e. The van der Waals surface area contributed by atoms with E-state index in [-0.39, 0.29) is 11.8 Å². The molecule has 0 bridgehead atoms. The second-order valence-corrected chi connectivity index (χ2v) is 4.13. The molecule has 1 unspecified atom stereocenters. The number of aromatic nitrogens is 1. The summed E-state index contributed by atoms with van der Waals surface area (Å²) in [5.74, 6) is -0.164. The number of nitrogens with zero attached hydrogens (tertiary/aromatic N) is 2. The first kappa shape index (κ1) is 13.0. The van der Waals surface area contributed by atoms with Gasteiger partial charge >= 0.3 is 0 Å². The molecule has 19 heavy (non-hydrogen) atoms. The molecule has 1 atom stereocenters. The van der Waals surface area contributed by atoms with Crippen molar-refractivity contribution in [3.8, 4) is 0 Å². The molecule has 1 aromatic heterocycles. The molecule has 1 N–H and O–H groups in total. The summed E-state index contributed by atoms with van der Waals surface area (Å²) in [5.41, 5.74) is 3.97. The Morgan fingerprint density at radius 2 is 1.95 bits per heavy atom. The normalized spacial score (nSPS) is 12.3. The molecule has 0 radical (unpaired) electrons. The SMILES string of the molecule is CC(C=NNC(=O)c1ccccn1)c1ccccc1. The molecule has 1 amide bonds. The molecule has 0 fully saturated rings. The Bertz CT molecular complexity index is 552. The lowest BCUT2D eigenvalue weighted by Crippen LogP contribution is -2.19. The summed E-state index contributed by atoms with van der Waals surface area (Å²) in [6.45, 7) is 2.02. The van der Waals surface area contributed by atoms with Gasteiger partial charge in [0.1, 0.15) is 5.69 Å². The van der Waals surface area contributed by atoms with Crippen LogP contribution in [0.2, 0.25) is 0 Å². The van der Waals surface area contributed by atoms with E-state index in [1.54, 1.807) is 30.6 Å². The van der Waals surface area contributed by atoms with E-state index in [1.807, 2.05) is 37.3 Å². The number of carbonyl (C=O) groups is 1. The standard InChI is InChI=1S/C15H15N3O/c1-12(13-7-3-2-4-8-13)11-17-18-15(19)14-9-5-6-10-16-14/h2-12H,1H3,(H,18,19). The van der Waals surface area contributed by atoms with Crippen molar-refractivity contribution >= 4 is 12.1 Å². The van der Waals surface area contributed by atoms with Gasteiger partial charge < -0.3 is 0 Å². The van der Waals surface area contributed by atoms with E-state index in [0.29, 0.717) is 5.69 Å². The zero-order valence-electron chi connectivity index (χ0n) is 10.7. The number of amides is 1. The molecular weight excluding hydrogens is 238 g/mol. The number of benzene rings is 1. The lowest BCUT2D eigenvalue weighted by atomic mass is 10.0. The van der Waals surface area contributed by atoms with Gasteiger partial charge in [0.25, 0.3) is 5.91 Å². The van der Waals surface area contributed by atoms with E-state index >= 15 is 0 Å². The summed E-state index contributed by atoms with van der Waals surface area (Å²) >= 11 is 0. The van der Waals surface area contributed by atoms with Gasteiger partial charge in [-0.15, -0.1) is 0 Å². The van der Waals surface area contributed by atoms with Gasteiger partial charge in [-0.3, -0.25) is 9.78 Å². The molecule has 4 nitrogen and oxygen atoms in total. The van der Waals surface area contributed by atoms with Crippen LogP contribution in [-0.2, 0) is 0 Å². The van der Waals surface area contributed by atoms with E-state index in [9.17, 15) is 4.79 Å². The first-order chi connectivity index (χ1) is 9.27. The monoisotopic (exact) mass is 253 g/mol. The Labute approximate surface area is 112 Å². The maximum absolute atomic E-state index is 11.7. The molecule has 0 saturated heterocycles. The van der Waals surface area contributed by atoms with E-state index < -0.39 is 0 Å². The zero-order chi connectivity index (χ0) is 13.5. The van der Waals surface area contributed by atoms with Gasteiger partial charge in [0.2, 0.25) is 0 Å². The molecule has 0 spiro atoms. The third-order valence-electron chi connectivity index (χ3n) is 2.69. The Morgan fingerprint density at radius 3 is 2.63 bits per heavy atom. The Hall–Kier alpha value is -2.49. The van der Waals surface area contributed by atoms with Gasteiger partial charge in [-0.05, 0) is 17.7 Å². The van der Waals surface area contributed by atoms with Crippen LogP contribution in [0.25, 0.3) is 0 Å². The van der Waals surface area contributed by atoms with Crippen molar-refractivity contribution in [2.24, 2.45) is 5.10 Å². The zero-order valence-corrected chi connectivity index (χ0v) is 10.7. The van der Waals surface area contributed by atoms with E-state index in [1.165, 1.54) is 0 Å². The first-order valence-corrected chi connectivity index (χ1v) is 6.07. The lowest BCUT2D eigenvalue weighted by molar-refractivity contribution is 0.0950. The van der Waals surface area contributed by atoms with Crippen LogP contribution in [0.1, 0.15) is 28.9 Å². The molecule has 0 aliphatic rings. The Balaban J connectivity index is 1.92. The maximum Gasteiger partial charge on any atom is 0.289 e. The number of pyridine rings is 1. The summed E-state index contributed by atoms with van der Waals surface area (Å²) in [4.78, 5) is 15.6. The average Bonchev–Trinajstić information content (AvgIpc) is 2.49. The third-order valence-corrected chi connectivity index (χ3v) is 2.69. The van der Waals surface area contributed by atoms with Crippen LogP contribution >= 0.6 is 0 Å². The summed E-state index contributed by atoms with van der Waals surface area (Å²) in [5, 5.41) is 3.96. The van der Waals surface area contributed by atoms with Gasteiger partial charge in [-0.2, -0.15) is 5.10 Å². The van der Waals surface area contributed by atoms with Crippen LogP contribution in [0.4, 0.5) is 0 Å². The summed E-state index contributed by atoms with van der Waals surface area (Å²) in [7, 11) is 0. The molecule has 0 saturated carbocycles. The predicted octanol–water partition coefficient (Wildman–Crippen LogP) is 2.60. The molecule has 0 aliphatic heterocycles. The highest BCUT2D eigenvalue weighted by Crippen LogP contribution is 2.11. The topological polar surface area (TPSA) is 54.4 Å². The molecular formula is C15H15N3O. The van der Waals surface area contributed by atoms with Crippen molar-refractivity contribution < 1.29 is 4.79 Å². The van der Waals surface area contributed by atoms with Crippen molar-refractivity contribution in [2.75, 3.05) is 0 Å². The summed E-state index contributed by atoms with van der Waals surface area (Å²) < 4.78 is 0. The fourth-order valence-electron chi connectivity index (χ4n) is 1.60. The second-order valence-electron chi connectivity index (χ2n) is 4.13. The predicted molar refractivity (Wildman–Crippen MR) is 75.1 cm³/mol. The quantitative estimate of drug-likeness (QED) is 0.672. The molecule has 0 aliphatic carbocycles. The molecule has 2 rings (SSSR count). The number of carbonyl (C=O) groups excluding carboxylic acids is 1. The molecule has 2 aromatic rings. The van der Waals surface area contributed by atoms with Crippen LogP contribution in [0, 0.1) is 0 Å². The summed E-state index contributed by atoms with van der Waals surface area (Å²) in [6, 6.07) is 15.1. The van der Waals surface area contributed by atoms with E-state index in [0.717, 1.165) is 5.56 Å². The number of rotatable bonds is 4. The van der Waals surface area contributed by atoms with Gasteiger partial charge in [-0.1, -0.05) is 43.3 Å². The minimum absolute atomic E-state index is 0.144. The van der Waals surface area contributed by atoms with E-state index in [4.69, 9.17) is 0 Å². The second kappa shape index (κ2) is 6.44. The lowest BCUT2D eigenvalue weighted by Gasteiger charge is -2.05. The van der Waals surface area contributed by atoms with Crippen LogP contribution in [0.15, 0.2) is 59.8 Å². The molecule has 4 heteroatoms. The average molecular weight is 253 g/mol. The minimum atomic E-state index is -0.308.